The SMILES string of the molecule is C=CC1=C(C=N)N(C(=O)c2cc(Br)c(C(=O)O)cc2Br)CCO1. The summed E-state index contributed by atoms with van der Waals surface area (Å²) in [4.78, 5) is 25.3. The van der Waals surface area contributed by atoms with Crippen LogP contribution in [0.3, 0.4) is 0 Å². The number of halogens is 2. The molecule has 6 nitrogen and oxygen atoms in total. The minimum Gasteiger partial charge on any atom is -0.490 e. The molecule has 1 aliphatic rings. The van der Waals surface area contributed by atoms with E-state index in [0.29, 0.717) is 20.4 Å². The zero-order valence-electron chi connectivity index (χ0n) is 11.8. The van der Waals surface area contributed by atoms with E-state index in [2.05, 4.69) is 38.4 Å². The Morgan fingerprint density at radius 3 is 2.48 bits per heavy atom. The number of aromatic carboxylic acids is 1. The van der Waals surface area contributed by atoms with Gasteiger partial charge in [0, 0.05) is 15.2 Å². The number of nitrogens with one attached hydrogen (secondary N) is 1. The monoisotopic (exact) mass is 442 g/mol. The highest BCUT2D eigenvalue weighted by Crippen LogP contribution is 2.29. The second-order valence-corrected chi connectivity index (χ2v) is 6.23. The average Bonchev–Trinajstić information content (AvgIpc) is 2.54. The zero-order chi connectivity index (χ0) is 17.1. The van der Waals surface area contributed by atoms with E-state index in [1.165, 1.54) is 23.1 Å². The summed E-state index contributed by atoms with van der Waals surface area (Å²) >= 11 is 6.40. The van der Waals surface area contributed by atoms with E-state index in [1.807, 2.05) is 0 Å². The van der Waals surface area contributed by atoms with Crippen molar-refractivity contribution < 1.29 is 19.4 Å². The van der Waals surface area contributed by atoms with Crippen molar-refractivity contribution in [2.24, 2.45) is 0 Å². The van der Waals surface area contributed by atoms with E-state index in [4.69, 9.17) is 15.3 Å². The summed E-state index contributed by atoms with van der Waals surface area (Å²) in [5.74, 6) is -1.11. The molecule has 0 fully saturated rings. The number of allylic oxidation sites excluding steroid dienone is 2. The standard InChI is InChI=1S/C15H12Br2N2O4/c1-2-13-12(7-18)19(3-4-23-13)14(20)8-5-11(17)9(15(21)22)6-10(8)16/h2,5-7,18H,1,3-4H2,(H,21,22). The molecule has 0 aliphatic carbocycles. The number of carbonyl (C=O) groups is 2. The molecule has 120 valence electrons. The molecule has 0 spiro atoms. The maximum Gasteiger partial charge on any atom is 0.336 e. The fourth-order valence-electron chi connectivity index (χ4n) is 2.12. The molecule has 0 aromatic heterocycles. The van der Waals surface area contributed by atoms with E-state index < -0.39 is 5.97 Å². The van der Waals surface area contributed by atoms with Crippen LogP contribution in [0, 0.1) is 5.41 Å². The molecule has 1 amide bonds. The molecule has 1 aliphatic heterocycles. The van der Waals surface area contributed by atoms with Crippen molar-refractivity contribution >= 4 is 50.0 Å². The highest BCUT2D eigenvalue weighted by atomic mass is 79.9. The Hall–Kier alpha value is -1.93. The van der Waals surface area contributed by atoms with E-state index in [9.17, 15) is 9.59 Å². The summed E-state index contributed by atoms with van der Waals surface area (Å²) < 4.78 is 6.03. The van der Waals surface area contributed by atoms with Crippen molar-refractivity contribution in [3.05, 3.63) is 56.3 Å². The van der Waals surface area contributed by atoms with Crippen LogP contribution in [0.15, 0.2) is 45.2 Å². The Morgan fingerprint density at radius 2 is 1.91 bits per heavy atom. The summed E-state index contributed by atoms with van der Waals surface area (Å²) in [6.45, 7) is 4.18. The van der Waals surface area contributed by atoms with Crippen molar-refractivity contribution in [1.82, 2.24) is 4.90 Å². The molecular weight excluding hydrogens is 432 g/mol. The third-order valence-corrected chi connectivity index (χ3v) is 4.51. The van der Waals surface area contributed by atoms with Gasteiger partial charge in [-0.3, -0.25) is 4.79 Å². The lowest BCUT2D eigenvalue weighted by Gasteiger charge is -2.29. The molecule has 0 bridgehead atoms. The summed E-state index contributed by atoms with van der Waals surface area (Å²) in [7, 11) is 0. The van der Waals surface area contributed by atoms with Gasteiger partial charge in [0.1, 0.15) is 18.1 Å². The predicted octanol–water partition coefficient (Wildman–Crippen LogP) is 3.43. The van der Waals surface area contributed by atoms with E-state index >= 15 is 0 Å². The largest absolute Gasteiger partial charge is 0.490 e. The minimum absolute atomic E-state index is 0.0463. The Labute approximate surface area is 149 Å². The molecule has 0 atom stereocenters. The van der Waals surface area contributed by atoms with Crippen molar-refractivity contribution in [1.29, 1.82) is 5.41 Å². The van der Waals surface area contributed by atoms with Crippen LogP contribution in [0.1, 0.15) is 20.7 Å². The van der Waals surface area contributed by atoms with Gasteiger partial charge in [-0.1, -0.05) is 6.58 Å². The quantitative estimate of drug-likeness (QED) is 0.697. The molecule has 0 saturated carbocycles. The number of carbonyl (C=O) groups excluding carboxylic acids is 1. The number of nitrogens with zero attached hydrogens (tertiary/aromatic N) is 1. The van der Waals surface area contributed by atoms with Gasteiger partial charge >= 0.3 is 5.97 Å². The summed E-state index contributed by atoms with van der Waals surface area (Å²) in [5.41, 5.74) is 0.637. The molecule has 2 rings (SSSR count). The highest BCUT2D eigenvalue weighted by molar-refractivity contribution is 9.11. The third kappa shape index (κ3) is 3.37. The maximum absolute atomic E-state index is 12.8. The molecule has 0 radical (unpaired) electrons. The lowest BCUT2D eigenvalue weighted by atomic mass is 10.1. The number of carboxylic acids is 1. The van der Waals surface area contributed by atoms with Crippen molar-refractivity contribution in [3.8, 4) is 0 Å². The van der Waals surface area contributed by atoms with Crippen LogP contribution in [0.5, 0.6) is 0 Å². The lowest BCUT2D eigenvalue weighted by Crippen LogP contribution is -2.38. The molecule has 1 aromatic rings. The van der Waals surface area contributed by atoms with Crippen LogP contribution < -0.4 is 0 Å². The van der Waals surface area contributed by atoms with Gasteiger partial charge in [0.2, 0.25) is 0 Å². The normalized spacial score (nSPS) is 14.3. The van der Waals surface area contributed by atoms with Crippen molar-refractivity contribution in [3.63, 3.8) is 0 Å². The molecule has 23 heavy (non-hydrogen) atoms. The lowest BCUT2D eigenvalue weighted by molar-refractivity contribution is 0.0689. The van der Waals surface area contributed by atoms with Gasteiger partial charge in [0.15, 0.2) is 0 Å². The molecule has 8 heteroatoms. The van der Waals surface area contributed by atoms with Crippen LogP contribution in [0.2, 0.25) is 0 Å². The second kappa shape index (κ2) is 7.10. The van der Waals surface area contributed by atoms with E-state index in [-0.39, 0.29) is 30.2 Å². The molecule has 1 heterocycles. The maximum atomic E-state index is 12.8. The minimum atomic E-state index is -1.10. The second-order valence-electron chi connectivity index (χ2n) is 4.52. The van der Waals surface area contributed by atoms with Crippen LogP contribution >= 0.6 is 31.9 Å². The van der Waals surface area contributed by atoms with Crippen LogP contribution in [-0.4, -0.2) is 41.2 Å². The first-order valence-corrected chi connectivity index (χ1v) is 8.03. The summed E-state index contributed by atoms with van der Waals surface area (Å²) in [6, 6.07) is 2.81. The number of rotatable bonds is 4. The number of hydrogen-bond donors (Lipinski definition) is 2. The first-order chi connectivity index (χ1) is 10.9. The predicted molar refractivity (Wildman–Crippen MR) is 91.8 cm³/mol. The Balaban J connectivity index is 2.48. The molecule has 0 saturated heterocycles. The number of hydrogen-bond acceptors (Lipinski definition) is 4. The highest BCUT2D eigenvalue weighted by Gasteiger charge is 2.27. The Morgan fingerprint density at radius 1 is 1.30 bits per heavy atom. The van der Waals surface area contributed by atoms with Gasteiger partial charge in [-0.15, -0.1) is 0 Å². The molecule has 1 aromatic carbocycles. The summed E-state index contributed by atoms with van der Waals surface area (Å²) in [5, 5.41) is 16.6. The summed E-state index contributed by atoms with van der Waals surface area (Å²) in [6.07, 6.45) is 2.47. The number of amides is 1. The number of ether oxygens (including phenoxy) is 1. The van der Waals surface area contributed by atoms with E-state index in [0.717, 1.165) is 6.21 Å². The van der Waals surface area contributed by atoms with Gasteiger partial charge in [0.05, 0.1) is 17.7 Å². The van der Waals surface area contributed by atoms with Crippen LogP contribution in [0.4, 0.5) is 0 Å². The fourth-order valence-corrected chi connectivity index (χ4v) is 3.14. The van der Waals surface area contributed by atoms with Crippen molar-refractivity contribution in [2.75, 3.05) is 13.2 Å². The van der Waals surface area contributed by atoms with Gasteiger partial charge in [0.25, 0.3) is 5.91 Å². The van der Waals surface area contributed by atoms with Gasteiger partial charge < -0.3 is 20.2 Å². The van der Waals surface area contributed by atoms with Gasteiger partial charge in [-0.25, -0.2) is 4.79 Å². The van der Waals surface area contributed by atoms with Gasteiger partial charge in [-0.2, -0.15) is 0 Å². The van der Waals surface area contributed by atoms with Gasteiger partial charge in [-0.05, 0) is 50.1 Å². The molecule has 0 unspecified atom stereocenters. The first-order valence-electron chi connectivity index (χ1n) is 6.45. The molecule has 2 N–H and O–H groups in total. The topological polar surface area (TPSA) is 90.7 Å². The van der Waals surface area contributed by atoms with Crippen LogP contribution in [-0.2, 0) is 4.74 Å². The smallest absolute Gasteiger partial charge is 0.336 e. The zero-order valence-corrected chi connectivity index (χ0v) is 15.0. The van der Waals surface area contributed by atoms with Crippen molar-refractivity contribution in [2.45, 2.75) is 0 Å². The number of benzene rings is 1. The fraction of sp³-hybridized carbons (Fsp3) is 0.133. The third-order valence-electron chi connectivity index (χ3n) is 3.20. The van der Waals surface area contributed by atoms with Crippen LogP contribution in [0.25, 0.3) is 0 Å². The Bertz CT molecular complexity index is 743. The first kappa shape index (κ1) is 17.4. The average molecular weight is 444 g/mol. The van der Waals surface area contributed by atoms with E-state index in [1.54, 1.807) is 0 Å². The number of carboxylic acid groups (broad SMARTS) is 1. The Kier molecular flexibility index (Phi) is 5.38. The molecular formula is C15H12Br2N2O4.